The molecule has 0 saturated heterocycles. The van der Waals surface area contributed by atoms with E-state index in [4.69, 9.17) is 0 Å². The second-order valence-electron chi connectivity index (χ2n) is 4.66. The molecule has 0 heterocycles. The van der Waals surface area contributed by atoms with Crippen LogP contribution < -0.4 is 10.6 Å². The molecule has 4 nitrogen and oxygen atoms in total. The molecule has 0 bridgehead atoms. The molecule has 2 amide bonds. The normalized spacial score (nSPS) is 12.3. The Morgan fingerprint density at radius 3 is 2.10 bits per heavy atom. The van der Waals surface area contributed by atoms with Crippen LogP contribution in [0.4, 0.5) is 18.0 Å². The largest absolute Gasteiger partial charge is 0.394 e. The zero-order valence-electron chi connectivity index (χ0n) is 11.9. The highest BCUT2D eigenvalue weighted by molar-refractivity contribution is 5.74. The van der Waals surface area contributed by atoms with Gasteiger partial charge < -0.3 is 15.7 Å². The topological polar surface area (TPSA) is 61.4 Å². The monoisotopic (exact) mass is 304 g/mol. The van der Waals surface area contributed by atoms with Gasteiger partial charge in [-0.25, -0.2) is 18.0 Å². The van der Waals surface area contributed by atoms with Gasteiger partial charge in [-0.15, -0.1) is 0 Å². The third-order valence-corrected chi connectivity index (χ3v) is 3.22. The van der Waals surface area contributed by atoms with Gasteiger partial charge in [-0.05, 0) is 30.5 Å². The van der Waals surface area contributed by atoms with Gasteiger partial charge in [0, 0.05) is 6.04 Å². The highest BCUT2D eigenvalue weighted by atomic mass is 19.2. The van der Waals surface area contributed by atoms with Crippen LogP contribution in [0.1, 0.15) is 38.3 Å². The molecule has 0 radical (unpaired) electrons. The first-order chi connectivity index (χ1) is 9.92. The van der Waals surface area contributed by atoms with Gasteiger partial charge in [-0.1, -0.05) is 13.8 Å². The number of nitrogens with one attached hydrogen (secondary N) is 2. The molecule has 118 valence electrons. The van der Waals surface area contributed by atoms with Crippen LogP contribution in [0.5, 0.6) is 0 Å². The van der Waals surface area contributed by atoms with E-state index in [2.05, 4.69) is 10.6 Å². The van der Waals surface area contributed by atoms with Crippen molar-refractivity contribution >= 4 is 6.03 Å². The van der Waals surface area contributed by atoms with Gasteiger partial charge in [0.2, 0.25) is 0 Å². The molecule has 0 saturated carbocycles. The van der Waals surface area contributed by atoms with Crippen molar-refractivity contribution in [3.8, 4) is 0 Å². The predicted molar refractivity (Wildman–Crippen MR) is 72.2 cm³/mol. The van der Waals surface area contributed by atoms with E-state index in [0.29, 0.717) is 0 Å². The Kier molecular flexibility index (Phi) is 6.48. The summed E-state index contributed by atoms with van der Waals surface area (Å²) in [6.07, 6.45) is 1.46. The Hall–Kier alpha value is -1.76. The van der Waals surface area contributed by atoms with Crippen molar-refractivity contribution in [1.82, 2.24) is 10.6 Å². The molecule has 21 heavy (non-hydrogen) atoms. The van der Waals surface area contributed by atoms with Crippen molar-refractivity contribution in [2.45, 2.75) is 38.8 Å². The maximum atomic E-state index is 13.2. The van der Waals surface area contributed by atoms with Crippen LogP contribution in [0.2, 0.25) is 0 Å². The molecule has 0 fully saturated rings. The second-order valence-corrected chi connectivity index (χ2v) is 4.66. The predicted octanol–water partition coefficient (Wildman–Crippen LogP) is 2.63. The molecule has 0 aliphatic heterocycles. The lowest BCUT2D eigenvalue weighted by molar-refractivity contribution is 0.213. The van der Waals surface area contributed by atoms with E-state index in [9.17, 15) is 23.1 Å². The Bertz CT molecular complexity index is 470. The second kappa shape index (κ2) is 7.87. The van der Waals surface area contributed by atoms with Crippen LogP contribution in [0, 0.1) is 17.5 Å². The number of carbonyl (C=O) groups excluding carboxylic acids is 1. The lowest BCUT2D eigenvalue weighted by Gasteiger charge is -2.20. The summed E-state index contributed by atoms with van der Waals surface area (Å²) in [7, 11) is 0. The summed E-state index contributed by atoms with van der Waals surface area (Å²) >= 11 is 0. The van der Waals surface area contributed by atoms with Gasteiger partial charge in [0.25, 0.3) is 0 Å². The van der Waals surface area contributed by atoms with Crippen molar-refractivity contribution in [2.75, 3.05) is 6.61 Å². The van der Waals surface area contributed by atoms with Crippen LogP contribution in [-0.2, 0) is 0 Å². The van der Waals surface area contributed by atoms with Crippen LogP contribution in [0.15, 0.2) is 12.1 Å². The Morgan fingerprint density at radius 2 is 1.67 bits per heavy atom. The number of benzene rings is 1. The first-order valence-electron chi connectivity index (χ1n) is 6.75. The molecule has 0 spiro atoms. The summed E-state index contributed by atoms with van der Waals surface area (Å²) in [6, 6.07) is -0.129. The van der Waals surface area contributed by atoms with Crippen LogP contribution in [0.3, 0.4) is 0 Å². The minimum atomic E-state index is -1.59. The summed E-state index contributed by atoms with van der Waals surface area (Å²) in [5, 5.41) is 14.3. The van der Waals surface area contributed by atoms with Crippen molar-refractivity contribution in [2.24, 2.45) is 0 Å². The Labute approximate surface area is 121 Å². The van der Waals surface area contributed by atoms with E-state index in [0.717, 1.165) is 25.0 Å². The molecule has 1 atom stereocenters. The molecule has 1 rings (SSSR count). The zero-order valence-corrected chi connectivity index (χ0v) is 11.9. The minimum Gasteiger partial charge on any atom is -0.394 e. The quantitative estimate of drug-likeness (QED) is 0.708. The molecule has 1 unspecified atom stereocenters. The van der Waals surface area contributed by atoms with Crippen molar-refractivity contribution in [3.05, 3.63) is 35.1 Å². The Morgan fingerprint density at radius 1 is 1.14 bits per heavy atom. The first-order valence-corrected chi connectivity index (χ1v) is 6.75. The van der Waals surface area contributed by atoms with E-state index < -0.39 is 36.1 Å². The van der Waals surface area contributed by atoms with E-state index in [-0.39, 0.29) is 11.6 Å². The molecule has 0 aliphatic carbocycles. The van der Waals surface area contributed by atoms with Crippen LogP contribution in [0.25, 0.3) is 0 Å². The lowest BCUT2D eigenvalue weighted by atomic mass is 10.1. The molecule has 0 aliphatic rings. The highest BCUT2D eigenvalue weighted by Gasteiger charge is 2.19. The first kappa shape index (κ1) is 17.3. The molecule has 3 N–H and O–H groups in total. The summed E-state index contributed by atoms with van der Waals surface area (Å²) in [5.41, 5.74) is -0.0476. The molecular formula is C14H19F3N2O2. The number of rotatable bonds is 6. The fraction of sp³-hybridized carbons (Fsp3) is 0.500. The van der Waals surface area contributed by atoms with Gasteiger partial charge >= 0.3 is 6.03 Å². The number of amides is 2. The minimum absolute atomic E-state index is 0.0361. The average Bonchev–Trinajstić information content (AvgIpc) is 2.47. The standard InChI is InChI=1S/C14H19F3N2O2/c1-3-9(4-2)18-14(21)19-12(7-20)8-5-10(15)13(17)11(16)6-8/h5-6,9,12,20H,3-4,7H2,1-2H3,(H2,18,19,21). The summed E-state index contributed by atoms with van der Waals surface area (Å²) in [4.78, 5) is 11.8. The number of aliphatic hydroxyl groups is 1. The molecule has 1 aromatic carbocycles. The zero-order chi connectivity index (χ0) is 16.0. The number of hydrogen-bond acceptors (Lipinski definition) is 2. The van der Waals surface area contributed by atoms with Crippen LogP contribution in [-0.4, -0.2) is 23.8 Å². The van der Waals surface area contributed by atoms with E-state index in [1.165, 1.54) is 0 Å². The highest BCUT2D eigenvalue weighted by Crippen LogP contribution is 2.19. The number of aliphatic hydroxyl groups excluding tert-OH is 1. The number of halogens is 3. The van der Waals surface area contributed by atoms with Crippen molar-refractivity contribution in [1.29, 1.82) is 0 Å². The van der Waals surface area contributed by atoms with Gasteiger partial charge in [0.1, 0.15) is 0 Å². The summed E-state index contributed by atoms with van der Waals surface area (Å²) in [6.45, 7) is 3.24. The SMILES string of the molecule is CCC(CC)NC(=O)NC(CO)c1cc(F)c(F)c(F)c1. The lowest BCUT2D eigenvalue weighted by Crippen LogP contribution is -2.43. The van der Waals surface area contributed by atoms with Gasteiger partial charge in [-0.2, -0.15) is 0 Å². The van der Waals surface area contributed by atoms with E-state index >= 15 is 0 Å². The van der Waals surface area contributed by atoms with E-state index in [1.54, 1.807) is 0 Å². The molecule has 7 heteroatoms. The van der Waals surface area contributed by atoms with Crippen LogP contribution >= 0.6 is 0 Å². The van der Waals surface area contributed by atoms with Crippen molar-refractivity contribution in [3.63, 3.8) is 0 Å². The molecule has 0 aromatic heterocycles. The maximum absolute atomic E-state index is 13.2. The van der Waals surface area contributed by atoms with Gasteiger partial charge in [0.15, 0.2) is 17.5 Å². The summed E-state index contributed by atoms with van der Waals surface area (Å²) < 4.78 is 39.2. The molecular weight excluding hydrogens is 285 g/mol. The van der Waals surface area contributed by atoms with Crippen molar-refractivity contribution < 1.29 is 23.1 Å². The Balaban J connectivity index is 2.82. The number of urea groups is 1. The van der Waals surface area contributed by atoms with Gasteiger partial charge in [-0.3, -0.25) is 0 Å². The van der Waals surface area contributed by atoms with E-state index in [1.807, 2.05) is 13.8 Å². The fourth-order valence-corrected chi connectivity index (χ4v) is 1.89. The fourth-order valence-electron chi connectivity index (χ4n) is 1.89. The third kappa shape index (κ3) is 4.63. The van der Waals surface area contributed by atoms with Gasteiger partial charge in [0.05, 0.1) is 12.6 Å². The smallest absolute Gasteiger partial charge is 0.315 e. The third-order valence-electron chi connectivity index (χ3n) is 3.22. The average molecular weight is 304 g/mol. The summed E-state index contributed by atoms with van der Waals surface area (Å²) in [5.74, 6) is -4.33. The molecule has 1 aromatic rings. The maximum Gasteiger partial charge on any atom is 0.315 e. The number of carbonyl (C=O) groups is 1. The number of hydrogen-bond donors (Lipinski definition) is 3.